The summed E-state index contributed by atoms with van der Waals surface area (Å²) in [6, 6.07) is 0.113. The third kappa shape index (κ3) is 3.60. The number of carbonyl (C=O) groups is 1. The van der Waals surface area contributed by atoms with Gasteiger partial charge >= 0.3 is 0 Å². The number of aliphatic hydroxyl groups is 1. The summed E-state index contributed by atoms with van der Waals surface area (Å²) in [4.78, 5) is 12.2. The molecule has 0 aromatic carbocycles. The second-order valence-electron chi connectivity index (χ2n) is 5.84. The Balaban J connectivity index is 1.96. The lowest BCUT2D eigenvalue weighted by molar-refractivity contribution is -0.121. The summed E-state index contributed by atoms with van der Waals surface area (Å²) in [5.41, 5.74) is 2.83. The molecule has 112 valence electrons. The summed E-state index contributed by atoms with van der Waals surface area (Å²) in [6.45, 7) is 4.01. The topological polar surface area (TPSA) is 78.0 Å². The van der Waals surface area contributed by atoms with Crippen molar-refractivity contribution in [1.29, 1.82) is 0 Å². The van der Waals surface area contributed by atoms with Crippen molar-refractivity contribution < 1.29 is 9.90 Å². The maximum atomic E-state index is 12.2. The minimum Gasteiger partial charge on any atom is -0.396 e. The third-order valence-electron chi connectivity index (χ3n) is 4.36. The molecule has 1 aliphatic carbocycles. The molecule has 1 fully saturated rings. The molecule has 0 bridgehead atoms. The van der Waals surface area contributed by atoms with Crippen LogP contribution in [0.2, 0.25) is 0 Å². The Morgan fingerprint density at radius 1 is 1.35 bits per heavy atom. The number of hydrogen-bond donors (Lipinski definition) is 3. The quantitative estimate of drug-likeness (QED) is 0.733. The summed E-state index contributed by atoms with van der Waals surface area (Å²) in [7, 11) is 0. The zero-order chi connectivity index (χ0) is 14.5. The van der Waals surface area contributed by atoms with E-state index in [2.05, 4.69) is 15.5 Å². The molecule has 20 heavy (non-hydrogen) atoms. The zero-order valence-corrected chi connectivity index (χ0v) is 12.4. The van der Waals surface area contributed by atoms with Gasteiger partial charge < -0.3 is 10.4 Å². The molecule has 1 aromatic heterocycles. The molecule has 0 aliphatic heterocycles. The van der Waals surface area contributed by atoms with Crippen LogP contribution in [0.4, 0.5) is 0 Å². The molecule has 1 amide bonds. The Kier molecular flexibility index (Phi) is 5.17. The molecule has 2 unspecified atom stereocenters. The number of hydrogen-bond acceptors (Lipinski definition) is 3. The minimum absolute atomic E-state index is 0.0305. The van der Waals surface area contributed by atoms with Crippen LogP contribution in [-0.2, 0) is 11.2 Å². The number of amides is 1. The van der Waals surface area contributed by atoms with Crippen LogP contribution in [0.5, 0.6) is 0 Å². The molecule has 1 heterocycles. The molecule has 5 nitrogen and oxygen atoms in total. The fraction of sp³-hybridized carbons (Fsp3) is 0.733. The van der Waals surface area contributed by atoms with Crippen LogP contribution in [0.25, 0.3) is 0 Å². The first-order valence-electron chi connectivity index (χ1n) is 7.52. The van der Waals surface area contributed by atoms with Gasteiger partial charge in [-0.25, -0.2) is 0 Å². The molecule has 3 N–H and O–H groups in total. The van der Waals surface area contributed by atoms with Gasteiger partial charge in [0, 0.05) is 29.8 Å². The number of aromatic nitrogens is 2. The standard InChI is InChI=1S/C15H25N3O2/c1-10-13(11(2)18-17-10)8-15(20)16-14-7-5-3-4-6-12(14)9-19/h12,14,19H,3-9H2,1-2H3,(H,16,20)(H,17,18). The smallest absolute Gasteiger partial charge is 0.224 e. The van der Waals surface area contributed by atoms with E-state index in [1.54, 1.807) is 0 Å². The Labute approximate surface area is 120 Å². The van der Waals surface area contributed by atoms with Gasteiger partial charge in [-0.15, -0.1) is 0 Å². The van der Waals surface area contributed by atoms with Crippen LogP contribution >= 0.6 is 0 Å². The van der Waals surface area contributed by atoms with Crippen LogP contribution in [-0.4, -0.2) is 33.9 Å². The molecule has 0 radical (unpaired) electrons. The van der Waals surface area contributed by atoms with Crippen LogP contribution in [0.3, 0.4) is 0 Å². The van der Waals surface area contributed by atoms with Gasteiger partial charge in [0.15, 0.2) is 0 Å². The highest BCUT2D eigenvalue weighted by molar-refractivity contribution is 5.79. The number of H-pyrrole nitrogens is 1. The molecule has 0 saturated heterocycles. The van der Waals surface area contributed by atoms with Crippen molar-refractivity contribution in [2.24, 2.45) is 5.92 Å². The molecule has 1 aromatic rings. The van der Waals surface area contributed by atoms with Gasteiger partial charge in [0.25, 0.3) is 0 Å². The van der Waals surface area contributed by atoms with Crippen molar-refractivity contribution in [3.05, 3.63) is 17.0 Å². The molecule has 1 saturated carbocycles. The Morgan fingerprint density at radius 3 is 2.75 bits per heavy atom. The van der Waals surface area contributed by atoms with Crippen molar-refractivity contribution in [1.82, 2.24) is 15.5 Å². The Bertz CT molecular complexity index is 436. The Hall–Kier alpha value is -1.36. The molecule has 0 spiro atoms. The van der Waals surface area contributed by atoms with Crippen molar-refractivity contribution in [3.63, 3.8) is 0 Å². The van der Waals surface area contributed by atoms with Crippen LogP contribution < -0.4 is 5.32 Å². The average Bonchev–Trinajstić information content (AvgIpc) is 2.65. The monoisotopic (exact) mass is 279 g/mol. The maximum absolute atomic E-state index is 12.2. The molecule has 1 aliphatic rings. The molecule has 2 rings (SSSR count). The lowest BCUT2D eigenvalue weighted by Crippen LogP contribution is -2.41. The van der Waals surface area contributed by atoms with Crippen LogP contribution in [0.15, 0.2) is 0 Å². The van der Waals surface area contributed by atoms with E-state index in [0.717, 1.165) is 42.6 Å². The number of aliphatic hydroxyl groups excluding tert-OH is 1. The number of aryl methyl sites for hydroxylation is 2. The first kappa shape index (κ1) is 15.0. The normalized spacial score (nSPS) is 23.4. The first-order valence-corrected chi connectivity index (χ1v) is 7.52. The van der Waals surface area contributed by atoms with Gasteiger partial charge in [0.05, 0.1) is 12.1 Å². The molecule has 2 atom stereocenters. The number of nitrogens with zero attached hydrogens (tertiary/aromatic N) is 1. The second-order valence-corrected chi connectivity index (χ2v) is 5.84. The summed E-state index contributed by atoms with van der Waals surface area (Å²) < 4.78 is 0. The van der Waals surface area contributed by atoms with E-state index >= 15 is 0 Å². The number of nitrogens with one attached hydrogen (secondary N) is 2. The van der Waals surface area contributed by atoms with Crippen molar-refractivity contribution in [3.8, 4) is 0 Å². The predicted octanol–water partition coefficient (Wildman–Crippen LogP) is 1.63. The van der Waals surface area contributed by atoms with Gasteiger partial charge in [-0.05, 0) is 26.7 Å². The number of carbonyl (C=O) groups excluding carboxylic acids is 1. The predicted molar refractivity (Wildman–Crippen MR) is 77.4 cm³/mol. The maximum Gasteiger partial charge on any atom is 0.224 e. The summed E-state index contributed by atoms with van der Waals surface area (Å²) in [5.74, 6) is 0.232. The van der Waals surface area contributed by atoms with Gasteiger partial charge in [-0.2, -0.15) is 5.10 Å². The van der Waals surface area contributed by atoms with Gasteiger partial charge in [-0.3, -0.25) is 9.89 Å². The van der Waals surface area contributed by atoms with E-state index in [1.807, 2.05) is 13.8 Å². The lowest BCUT2D eigenvalue weighted by atomic mass is 9.95. The summed E-state index contributed by atoms with van der Waals surface area (Å²) in [5, 5.41) is 19.6. The Morgan fingerprint density at radius 2 is 2.10 bits per heavy atom. The lowest BCUT2D eigenvalue weighted by Gasteiger charge is -2.24. The van der Waals surface area contributed by atoms with E-state index in [1.165, 1.54) is 6.42 Å². The van der Waals surface area contributed by atoms with E-state index in [0.29, 0.717) is 6.42 Å². The van der Waals surface area contributed by atoms with E-state index < -0.39 is 0 Å². The summed E-state index contributed by atoms with van der Waals surface area (Å²) >= 11 is 0. The number of rotatable bonds is 4. The zero-order valence-electron chi connectivity index (χ0n) is 12.4. The van der Waals surface area contributed by atoms with E-state index in [4.69, 9.17) is 0 Å². The second kappa shape index (κ2) is 6.88. The molecular weight excluding hydrogens is 254 g/mol. The number of aromatic amines is 1. The first-order chi connectivity index (χ1) is 9.61. The van der Waals surface area contributed by atoms with Crippen LogP contribution in [0, 0.1) is 19.8 Å². The van der Waals surface area contributed by atoms with Crippen molar-refractivity contribution >= 4 is 5.91 Å². The van der Waals surface area contributed by atoms with E-state index in [9.17, 15) is 9.90 Å². The fourth-order valence-electron chi connectivity index (χ4n) is 3.05. The van der Waals surface area contributed by atoms with Crippen molar-refractivity contribution in [2.45, 2.75) is 58.4 Å². The fourth-order valence-corrected chi connectivity index (χ4v) is 3.05. The largest absolute Gasteiger partial charge is 0.396 e. The SMILES string of the molecule is Cc1n[nH]c(C)c1CC(=O)NC1CCCCCC1CO. The summed E-state index contributed by atoms with van der Waals surface area (Å²) in [6.07, 6.45) is 5.82. The highest BCUT2D eigenvalue weighted by atomic mass is 16.3. The minimum atomic E-state index is 0.0305. The van der Waals surface area contributed by atoms with Gasteiger partial charge in [0.2, 0.25) is 5.91 Å². The average molecular weight is 279 g/mol. The van der Waals surface area contributed by atoms with Crippen molar-refractivity contribution in [2.75, 3.05) is 6.61 Å². The third-order valence-corrected chi connectivity index (χ3v) is 4.36. The van der Waals surface area contributed by atoms with Gasteiger partial charge in [0.1, 0.15) is 0 Å². The molecular formula is C15H25N3O2. The van der Waals surface area contributed by atoms with Crippen LogP contribution in [0.1, 0.15) is 49.1 Å². The highest BCUT2D eigenvalue weighted by Crippen LogP contribution is 2.23. The van der Waals surface area contributed by atoms with Gasteiger partial charge in [-0.1, -0.05) is 19.3 Å². The molecule has 5 heteroatoms. The van der Waals surface area contributed by atoms with E-state index in [-0.39, 0.29) is 24.5 Å². The highest BCUT2D eigenvalue weighted by Gasteiger charge is 2.25.